The van der Waals surface area contributed by atoms with Crippen LogP contribution in [0.15, 0.2) is 79.9 Å². The monoisotopic (exact) mass is 685 g/mol. The van der Waals surface area contributed by atoms with Crippen LogP contribution in [0.2, 0.25) is 5.02 Å². The summed E-state index contributed by atoms with van der Waals surface area (Å²) in [6, 6.07) is 15.0. The number of para-hydroxylation sites is 2. The minimum absolute atomic E-state index is 0.0908. The number of aliphatic hydroxyl groups excluding tert-OH is 1. The SMILES string of the molecule is C=CCN(C(=O)[C@H]1[C@@H]2SC3(CC2Br)C(C(=O)N(CC=C)c2ccccc2Cl)N([C@@H](CO)C(C)C)C(=O)[C@H]13)c1ccccc1. The molecule has 0 aromatic heterocycles. The number of carbonyl (C=O) groups excluding carboxylic acids is 3. The molecule has 10 heteroatoms. The van der Waals surface area contributed by atoms with E-state index in [0.29, 0.717) is 17.1 Å². The number of fused-ring (bicyclic) bond motifs is 1. The summed E-state index contributed by atoms with van der Waals surface area (Å²) in [5.74, 6) is -2.27. The molecule has 3 saturated heterocycles. The van der Waals surface area contributed by atoms with E-state index in [2.05, 4.69) is 29.1 Å². The number of nitrogens with zero attached hydrogens (tertiary/aromatic N) is 3. The molecule has 43 heavy (non-hydrogen) atoms. The Balaban J connectivity index is 1.65. The van der Waals surface area contributed by atoms with Crippen LogP contribution in [0.1, 0.15) is 20.3 Å². The Hall–Kier alpha value is -2.59. The van der Waals surface area contributed by atoms with Crippen molar-refractivity contribution in [3.05, 3.63) is 84.9 Å². The summed E-state index contributed by atoms with van der Waals surface area (Å²) in [6.07, 6.45) is 3.84. The zero-order valence-corrected chi connectivity index (χ0v) is 27.5. The van der Waals surface area contributed by atoms with Crippen LogP contribution >= 0.6 is 39.3 Å². The lowest BCUT2D eigenvalue weighted by Crippen LogP contribution is -2.59. The van der Waals surface area contributed by atoms with Crippen LogP contribution in [0.3, 0.4) is 0 Å². The van der Waals surface area contributed by atoms with Gasteiger partial charge in [0.2, 0.25) is 11.8 Å². The number of halogens is 2. The highest BCUT2D eigenvalue weighted by molar-refractivity contribution is 9.09. The van der Waals surface area contributed by atoms with Gasteiger partial charge in [0.15, 0.2) is 0 Å². The zero-order valence-electron chi connectivity index (χ0n) is 24.3. The quantitative estimate of drug-likeness (QED) is 0.248. The first-order valence-corrected chi connectivity index (χ1v) is 16.7. The first kappa shape index (κ1) is 31.8. The molecule has 7 nitrogen and oxygen atoms in total. The minimum atomic E-state index is -0.918. The molecule has 0 radical (unpaired) electrons. The second-order valence-corrected chi connectivity index (χ2v) is 14.8. The Morgan fingerprint density at radius 3 is 2.33 bits per heavy atom. The van der Waals surface area contributed by atoms with Crippen molar-refractivity contribution in [2.24, 2.45) is 17.8 Å². The summed E-state index contributed by atoms with van der Waals surface area (Å²) in [5.41, 5.74) is 1.25. The van der Waals surface area contributed by atoms with Gasteiger partial charge in [-0.25, -0.2) is 0 Å². The van der Waals surface area contributed by atoms with E-state index in [0.717, 1.165) is 5.69 Å². The first-order valence-electron chi connectivity index (χ1n) is 14.5. The number of carbonyl (C=O) groups is 3. The highest BCUT2D eigenvalue weighted by atomic mass is 79.9. The van der Waals surface area contributed by atoms with Crippen LogP contribution in [-0.4, -0.2) is 74.3 Å². The molecule has 1 spiro atoms. The number of rotatable bonds is 11. The predicted octanol–water partition coefficient (Wildman–Crippen LogP) is 5.56. The van der Waals surface area contributed by atoms with Crippen molar-refractivity contribution in [1.29, 1.82) is 0 Å². The van der Waals surface area contributed by atoms with Crippen molar-refractivity contribution < 1.29 is 19.5 Å². The Morgan fingerprint density at radius 2 is 1.72 bits per heavy atom. The molecule has 3 heterocycles. The molecular weight excluding hydrogens is 650 g/mol. The van der Waals surface area contributed by atoms with Crippen LogP contribution < -0.4 is 9.80 Å². The Labute approximate surface area is 271 Å². The molecule has 3 amide bonds. The Bertz CT molecular complexity index is 1410. The van der Waals surface area contributed by atoms with Crippen molar-refractivity contribution in [2.75, 3.05) is 29.5 Å². The number of aliphatic hydroxyl groups is 1. The van der Waals surface area contributed by atoms with Crippen molar-refractivity contribution in [2.45, 2.75) is 47.2 Å². The van der Waals surface area contributed by atoms with Gasteiger partial charge < -0.3 is 19.8 Å². The molecule has 3 aliphatic heterocycles. The van der Waals surface area contributed by atoms with Crippen LogP contribution in [-0.2, 0) is 14.4 Å². The first-order chi connectivity index (χ1) is 20.6. The molecule has 0 saturated carbocycles. The molecule has 3 fully saturated rings. The summed E-state index contributed by atoms with van der Waals surface area (Å²) in [5, 5.41) is 10.8. The second-order valence-electron chi connectivity index (χ2n) is 11.7. The molecule has 0 aliphatic carbocycles. The fourth-order valence-electron chi connectivity index (χ4n) is 7.10. The van der Waals surface area contributed by atoms with Gasteiger partial charge in [0.1, 0.15) is 6.04 Å². The van der Waals surface area contributed by atoms with Gasteiger partial charge in [-0.1, -0.05) is 83.9 Å². The minimum Gasteiger partial charge on any atom is -0.394 e. The summed E-state index contributed by atoms with van der Waals surface area (Å²) >= 11 is 12.0. The van der Waals surface area contributed by atoms with Gasteiger partial charge in [-0.05, 0) is 36.6 Å². The molecule has 228 valence electrons. The van der Waals surface area contributed by atoms with E-state index >= 15 is 0 Å². The van der Waals surface area contributed by atoms with Crippen molar-refractivity contribution in [3.63, 3.8) is 0 Å². The van der Waals surface area contributed by atoms with Crippen molar-refractivity contribution in [1.82, 2.24) is 4.90 Å². The molecule has 2 aromatic rings. The van der Waals surface area contributed by atoms with E-state index in [-0.39, 0.29) is 53.4 Å². The lowest BCUT2D eigenvalue weighted by Gasteiger charge is -2.41. The van der Waals surface area contributed by atoms with E-state index in [1.54, 1.807) is 56.8 Å². The molecular formula is C33H37BrClN3O4S. The third-order valence-corrected chi connectivity index (χ3v) is 12.5. The van der Waals surface area contributed by atoms with E-state index in [1.807, 2.05) is 50.2 Å². The fraction of sp³-hybridized carbons (Fsp3) is 0.424. The highest BCUT2D eigenvalue weighted by Crippen LogP contribution is 2.68. The van der Waals surface area contributed by atoms with Crippen molar-refractivity contribution >= 4 is 68.4 Å². The normalized spacial score (nSPS) is 28.1. The van der Waals surface area contributed by atoms with Crippen LogP contribution in [0.25, 0.3) is 0 Å². The largest absolute Gasteiger partial charge is 0.394 e. The van der Waals surface area contributed by atoms with Gasteiger partial charge >= 0.3 is 0 Å². The van der Waals surface area contributed by atoms with Gasteiger partial charge in [-0.3, -0.25) is 14.4 Å². The molecule has 2 bridgehead atoms. The summed E-state index contributed by atoms with van der Waals surface area (Å²) < 4.78 is -0.882. The van der Waals surface area contributed by atoms with Gasteiger partial charge in [-0.15, -0.1) is 24.9 Å². The second kappa shape index (κ2) is 12.8. The number of hydrogen-bond donors (Lipinski definition) is 1. The zero-order chi connectivity index (χ0) is 31.1. The maximum absolute atomic E-state index is 14.9. The average Bonchev–Trinajstić information content (AvgIpc) is 3.58. The maximum Gasteiger partial charge on any atom is 0.251 e. The van der Waals surface area contributed by atoms with Gasteiger partial charge in [0, 0.05) is 28.9 Å². The predicted molar refractivity (Wildman–Crippen MR) is 178 cm³/mol. The number of alkyl halides is 1. The molecule has 3 unspecified atom stereocenters. The molecule has 5 rings (SSSR count). The van der Waals surface area contributed by atoms with Crippen LogP contribution in [0.5, 0.6) is 0 Å². The van der Waals surface area contributed by atoms with Gasteiger partial charge in [-0.2, -0.15) is 0 Å². The van der Waals surface area contributed by atoms with E-state index in [1.165, 1.54) is 0 Å². The average molecular weight is 687 g/mol. The smallest absolute Gasteiger partial charge is 0.251 e. The number of anilines is 2. The molecule has 3 aliphatic rings. The van der Waals surface area contributed by atoms with Crippen LogP contribution in [0, 0.1) is 17.8 Å². The summed E-state index contributed by atoms with van der Waals surface area (Å²) in [7, 11) is 0. The lowest BCUT2D eigenvalue weighted by atomic mass is 9.70. The standard InChI is InChI=1S/C33H37BrClN3O4S/c1-5-16-36(21-12-8-7-9-13-21)30(40)26-27-31(41)38(25(19-39)20(3)4)29(33(27)18-22(34)28(26)43-33)32(42)37(17-6-2)24-15-11-10-14-23(24)35/h5-15,20,22,25-29,39H,1-2,16-19H2,3-4H3/t22?,25-,26+,27-,28+,29?,33?/m0/s1. The third kappa shape index (κ3) is 5.26. The number of likely N-dealkylation sites (tertiary alicyclic amines) is 1. The molecule has 7 atom stereocenters. The topological polar surface area (TPSA) is 81.2 Å². The number of benzene rings is 2. The van der Waals surface area contributed by atoms with E-state index < -0.39 is 28.7 Å². The molecule has 1 N–H and O–H groups in total. The Morgan fingerprint density at radius 1 is 1.09 bits per heavy atom. The van der Waals surface area contributed by atoms with Gasteiger partial charge in [0.05, 0.1) is 39.9 Å². The fourth-order valence-corrected chi connectivity index (χ4v) is 10.9. The van der Waals surface area contributed by atoms with E-state index in [9.17, 15) is 19.5 Å². The van der Waals surface area contributed by atoms with Crippen molar-refractivity contribution in [3.8, 4) is 0 Å². The highest BCUT2D eigenvalue weighted by Gasteiger charge is 2.76. The number of amides is 3. The summed E-state index contributed by atoms with van der Waals surface area (Å²) in [6.45, 7) is 11.8. The van der Waals surface area contributed by atoms with Gasteiger partial charge in [0.25, 0.3) is 5.91 Å². The van der Waals surface area contributed by atoms with E-state index in [4.69, 9.17) is 11.6 Å². The lowest BCUT2D eigenvalue weighted by molar-refractivity contribution is -0.142. The summed E-state index contributed by atoms with van der Waals surface area (Å²) in [4.78, 5) is 48.8. The number of hydrogen-bond acceptors (Lipinski definition) is 5. The Kier molecular flexibility index (Phi) is 9.47. The third-order valence-electron chi connectivity index (χ3n) is 8.93. The number of thioether (sulfide) groups is 1. The van der Waals surface area contributed by atoms with Crippen LogP contribution in [0.4, 0.5) is 11.4 Å². The maximum atomic E-state index is 14.9. The molecule has 2 aromatic carbocycles.